The Kier molecular flexibility index (Phi) is 3.52. The van der Waals surface area contributed by atoms with Crippen LogP contribution in [-0.4, -0.2) is 29.0 Å². The monoisotopic (exact) mass is 298 g/mol. The van der Waals surface area contributed by atoms with E-state index in [1.165, 1.54) is 12.0 Å². The topological polar surface area (TPSA) is 78.9 Å². The molecule has 6 heteroatoms. The van der Waals surface area contributed by atoms with Crippen LogP contribution in [0.25, 0.3) is 0 Å². The normalized spacial score (nSPS) is 13.3. The van der Waals surface area contributed by atoms with Gasteiger partial charge in [-0.3, -0.25) is 25.2 Å². The van der Waals surface area contributed by atoms with Crippen molar-refractivity contribution < 1.29 is 19.5 Å². The highest BCUT2D eigenvalue weighted by Crippen LogP contribution is 2.28. The zero-order valence-electron chi connectivity index (χ0n) is 11.9. The minimum atomic E-state index is -0.310. The van der Waals surface area contributed by atoms with Gasteiger partial charge in [0.2, 0.25) is 0 Å². The van der Waals surface area contributed by atoms with Crippen molar-refractivity contribution in [2.75, 3.05) is 12.6 Å². The van der Waals surface area contributed by atoms with Crippen molar-refractivity contribution in [2.24, 2.45) is 0 Å². The van der Waals surface area contributed by atoms with E-state index in [1.807, 2.05) is 5.48 Å². The molecule has 2 aromatic rings. The molecule has 2 amide bonds. The summed E-state index contributed by atoms with van der Waals surface area (Å²) in [6, 6.07) is 11.8. The Morgan fingerprint density at radius 1 is 1.09 bits per heavy atom. The summed E-state index contributed by atoms with van der Waals surface area (Å²) >= 11 is 0. The molecule has 2 N–H and O–H groups in total. The van der Waals surface area contributed by atoms with E-state index in [9.17, 15) is 9.59 Å². The molecule has 0 radical (unpaired) electrons. The highest BCUT2D eigenvalue weighted by atomic mass is 16.5. The van der Waals surface area contributed by atoms with E-state index in [0.29, 0.717) is 28.1 Å². The first-order valence-corrected chi connectivity index (χ1v) is 6.68. The second-order valence-electron chi connectivity index (χ2n) is 4.89. The molecule has 0 saturated carbocycles. The van der Waals surface area contributed by atoms with Gasteiger partial charge in [0.1, 0.15) is 11.4 Å². The fraction of sp³-hybridized carbons (Fsp3) is 0.125. The third-order valence-corrected chi connectivity index (χ3v) is 3.60. The number of imide groups is 1. The molecule has 3 rings (SSSR count). The quantitative estimate of drug-likeness (QED) is 0.669. The van der Waals surface area contributed by atoms with Gasteiger partial charge in [-0.15, -0.1) is 0 Å². The molecule has 1 heterocycles. The van der Waals surface area contributed by atoms with E-state index in [-0.39, 0.29) is 18.4 Å². The molecule has 112 valence electrons. The Hall–Kier alpha value is -2.86. The lowest BCUT2D eigenvalue weighted by molar-refractivity contribution is 0.0642. The number of hydrogen-bond donors (Lipinski definition) is 2. The molecule has 0 unspecified atom stereocenters. The van der Waals surface area contributed by atoms with Crippen LogP contribution < -0.4 is 10.2 Å². The van der Waals surface area contributed by atoms with E-state index in [4.69, 9.17) is 9.94 Å². The van der Waals surface area contributed by atoms with Crippen LogP contribution in [0.15, 0.2) is 42.5 Å². The van der Waals surface area contributed by atoms with Gasteiger partial charge in [-0.1, -0.05) is 18.2 Å². The molecule has 1 aliphatic heterocycles. The van der Waals surface area contributed by atoms with Gasteiger partial charge in [0.05, 0.1) is 24.8 Å². The summed E-state index contributed by atoms with van der Waals surface area (Å²) in [5.41, 5.74) is 3.95. The van der Waals surface area contributed by atoms with E-state index >= 15 is 0 Å². The van der Waals surface area contributed by atoms with Gasteiger partial charge in [-0.2, -0.15) is 0 Å². The number of carbonyl (C=O) groups is 2. The Balaban J connectivity index is 1.89. The second-order valence-corrected chi connectivity index (χ2v) is 4.89. The standard InChI is InChI=1S/C16H14N2O4/c1-22-14-7-6-10(8-13(14)17-21)9-18-15(19)11-4-2-3-5-12(11)16(18)20/h2-8,17,21H,9H2,1H3. The summed E-state index contributed by atoms with van der Waals surface area (Å²) in [6.07, 6.45) is 0. The van der Waals surface area contributed by atoms with E-state index in [0.717, 1.165) is 0 Å². The lowest BCUT2D eigenvalue weighted by Crippen LogP contribution is -2.29. The number of benzene rings is 2. The predicted molar refractivity (Wildman–Crippen MR) is 79.0 cm³/mol. The SMILES string of the molecule is COc1ccc(CN2C(=O)c3ccccc3C2=O)cc1NO. The number of nitrogens with one attached hydrogen (secondary N) is 1. The molecule has 0 atom stereocenters. The zero-order valence-corrected chi connectivity index (χ0v) is 11.9. The number of nitrogens with zero attached hydrogens (tertiary/aromatic N) is 1. The average Bonchev–Trinajstić information content (AvgIpc) is 2.80. The van der Waals surface area contributed by atoms with Gasteiger partial charge < -0.3 is 4.74 Å². The minimum Gasteiger partial charge on any atom is -0.495 e. The van der Waals surface area contributed by atoms with Crippen molar-refractivity contribution in [1.82, 2.24) is 4.90 Å². The summed E-state index contributed by atoms with van der Waals surface area (Å²) in [6.45, 7) is 0.130. The van der Waals surface area contributed by atoms with Crippen molar-refractivity contribution in [2.45, 2.75) is 6.54 Å². The number of anilines is 1. The van der Waals surface area contributed by atoms with Crippen LogP contribution in [0.1, 0.15) is 26.3 Å². The molecule has 0 aliphatic carbocycles. The lowest BCUT2D eigenvalue weighted by atomic mass is 10.1. The molecule has 1 aliphatic rings. The van der Waals surface area contributed by atoms with Crippen molar-refractivity contribution in [3.05, 3.63) is 59.2 Å². The third kappa shape index (κ3) is 2.19. The average molecular weight is 298 g/mol. The van der Waals surface area contributed by atoms with Gasteiger partial charge in [-0.05, 0) is 29.8 Å². The van der Waals surface area contributed by atoms with E-state index < -0.39 is 0 Å². The van der Waals surface area contributed by atoms with Crippen LogP contribution in [0.5, 0.6) is 5.75 Å². The minimum absolute atomic E-state index is 0.130. The summed E-state index contributed by atoms with van der Waals surface area (Å²) in [5, 5.41) is 9.10. The fourth-order valence-electron chi connectivity index (χ4n) is 2.51. The molecular weight excluding hydrogens is 284 g/mol. The first-order valence-electron chi connectivity index (χ1n) is 6.68. The van der Waals surface area contributed by atoms with Crippen molar-refractivity contribution in [3.8, 4) is 5.75 Å². The highest BCUT2D eigenvalue weighted by molar-refractivity contribution is 6.21. The number of fused-ring (bicyclic) bond motifs is 1. The first-order chi connectivity index (χ1) is 10.7. The maximum Gasteiger partial charge on any atom is 0.261 e. The molecule has 0 aromatic heterocycles. The largest absolute Gasteiger partial charge is 0.495 e. The van der Waals surface area contributed by atoms with E-state index in [2.05, 4.69) is 0 Å². The molecule has 0 spiro atoms. The third-order valence-electron chi connectivity index (χ3n) is 3.60. The van der Waals surface area contributed by atoms with E-state index in [1.54, 1.807) is 42.5 Å². The summed E-state index contributed by atoms with van der Waals surface area (Å²) in [4.78, 5) is 25.8. The molecule has 0 fully saturated rings. The van der Waals surface area contributed by atoms with Crippen LogP contribution in [0.3, 0.4) is 0 Å². The maximum absolute atomic E-state index is 12.3. The Labute approximate surface area is 126 Å². The van der Waals surface area contributed by atoms with Gasteiger partial charge in [0.15, 0.2) is 0 Å². The first kappa shape index (κ1) is 14.1. The molecule has 2 aromatic carbocycles. The summed E-state index contributed by atoms with van der Waals surface area (Å²) in [7, 11) is 1.49. The molecule has 6 nitrogen and oxygen atoms in total. The Morgan fingerprint density at radius 3 is 2.27 bits per heavy atom. The van der Waals surface area contributed by atoms with Crippen LogP contribution in [-0.2, 0) is 6.54 Å². The van der Waals surface area contributed by atoms with Gasteiger partial charge in [0, 0.05) is 0 Å². The van der Waals surface area contributed by atoms with Crippen LogP contribution in [0, 0.1) is 0 Å². The van der Waals surface area contributed by atoms with Crippen molar-refractivity contribution >= 4 is 17.5 Å². The van der Waals surface area contributed by atoms with Crippen LogP contribution in [0.2, 0.25) is 0 Å². The lowest BCUT2D eigenvalue weighted by Gasteiger charge is -2.15. The number of amides is 2. The van der Waals surface area contributed by atoms with Crippen LogP contribution >= 0.6 is 0 Å². The molecular formula is C16H14N2O4. The number of methoxy groups -OCH3 is 1. The number of ether oxygens (including phenoxy) is 1. The van der Waals surface area contributed by atoms with Gasteiger partial charge in [0.25, 0.3) is 11.8 Å². The maximum atomic E-state index is 12.3. The number of carbonyl (C=O) groups excluding carboxylic acids is 2. The molecule has 0 saturated heterocycles. The summed E-state index contributed by atoms with van der Waals surface area (Å²) in [5.74, 6) is -0.154. The van der Waals surface area contributed by atoms with Crippen LogP contribution in [0.4, 0.5) is 5.69 Å². The Morgan fingerprint density at radius 2 is 1.73 bits per heavy atom. The highest BCUT2D eigenvalue weighted by Gasteiger charge is 2.34. The Bertz CT molecular complexity index is 723. The van der Waals surface area contributed by atoms with Crippen molar-refractivity contribution in [1.29, 1.82) is 0 Å². The predicted octanol–water partition coefficient (Wildman–Crippen LogP) is 2.29. The van der Waals surface area contributed by atoms with Crippen molar-refractivity contribution in [3.63, 3.8) is 0 Å². The summed E-state index contributed by atoms with van der Waals surface area (Å²) < 4.78 is 5.08. The van der Waals surface area contributed by atoms with Gasteiger partial charge >= 0.3 is 0 Å². The van der Waals surface area contributed by atoms with Gasteiger partial charge in [-0.25, -0.2) is 0 Å². The smallest absolute Gasteiger partial charge is 0.261 e. The fourth-order valence-corrected chi connectivity index (χ4v) is 2.51. The second kappa shape index (κ2) is 5.50. The zero-order chi connectivity index (χ0) is 15.7. The molecule has 0 bridgehead atoms. The molecule has 22 heavy (non-hydrogen) atoms. The number of rotatable bonds is 4. The number of hydrogen-bond acceptors (Lipinski definition) is 5.